The molecule has 1 aromatic carbocycles. The number of aryl methyl sites for hydroxylation is 1. The standard InChI is InChI=1S/C8H5Br3N2/c1-13-7-3-5(10)4(9)2-6(7)12-8(13)11/h2-3H,1H3. The molecule has 1 heterocycles. The van der Waals surface area contributed by atoms with Crippen molar-refractivity contribution in [1.29, 1.82) is 0 Å². The van der Waals surface area contributed by atoms with E-state index < -0.39 is 0 Å². The first-order valence-corrected chi connectivity index (χ1v) is 5.94. The molecule has 0 fully saturated rings. The van der Waals surface area contributed by atoms with Crippen molar-refractivity contribution in [2.45, 2.75) is 0 Å². The van der Waals surface area contributed by atoms with Crippen LogP contribution in [-0.4, -0.2) is 9.55 Å². The zero-order valence-electron chi connectivity index (χ0n) is 6.68. The molecule has 0 bridgehead atoms. The lowest BCUT2D eigenvalue weighted by Crippen LogP contribution is -1.86. The molecule has 2 nitrogen and oxygen atoms in total. The van der Waals surface area contributed by atoms with Crippen LogP contribution in [0.25, 0.3) is 11.0 Å². The van der Waals surface area contributed by atoms with Crippen LogP contribution in [-0.2, 0) is 7.05 Å². The van der Waals surface area contributed by atoms with Crippen LogP contribution in [0.3, 0.4) is 0 Å². The molecular weight excluding hydrogens is 364 g/mol. The third kappa shape index (κ3) is 1.57. The molecular formula is C8H5Br3N2. The summed E-state index contributed by atoms with van der Waals surface area (Å²) in [4.78, 5) is 4.34. The zero-order valence-corrected chi connectivity index (χ0v) is 11.4. The van der Waals surface area contributed by atoms with Crippen LogP contribution in [0.1, 0.15) is 0 Å². The summed E-state index contributed by atoms with van der Waals surface area (Å²) in [6, 6.07) is 4.03. The Balaban J connectivity index is 2.89. The fourth-order valence-corrected chi connectivity index (χ4v) is 2.20. The number of nitrogens with zero attached hydrogens (tertiary/aromatic N) is 2. The maximum atomic E-state index is 4.34. The SMILES string of the molecule is Cn1c(Br)nc2cc(Br)c(Br)cc21. The molecule has 0 spiro atoms. The summed E-state index contributed by atoms with van der Waals surface area (Å²) in [5.74, 6) is 0. The average molecular weight is 369 g/mol. The molecule has 68 valence electrons. The minimum absolute atomic E-state index is 0.840. The lowest BCUT2D eigenvalue weighted by Gasteiger charge is -1.98. The number of imidazole rings is 1. The van der Waals surface area contributed by atoms with Gasteiger partial charge in [0.25, 0.3) is 0 Å². The first kappa shape index (κ1) is 9.68. The fraction of sp³-hybridized carbons (Fsp3) is 0.125. The van der Waals surface area contributed by atoms with Gasteiger partial charge in [-0.3, -0.25) is 0 Å². The highest BCUT2D eigenvalue weighted by atomic mass is 79.9. The summed E-state index contributed by atoms with van der Waals surface area (Å²) in [5, 5.41) is 0. The highest BCUT2D eigenvalue weighted by Crippen LogP contribution is 2.29. The highest BCUT2D eigenvalue weighted by Gasteiger charge is 2.07. The average Bonchev–Trinajstić information content (AvgIpc) is 2.32. The number of fused-ring (bicyclic) bond motifs is 1. The van der Waals surface area contributed by atoms with Crippen LogP contribution in [0.2, 0.25) is 0 Å². The van der Waals surface area contributed by atoms with Crippen molar-refractivity contribution in [3.8, 4) is 0 Å². The normalized spacial score (nSPS) is 11.1. The maximum absolute atomic E-state index is 4.34. The minimum Gasteiger partial charge on any atom is -0.322 e. The Morgan fingerprint density at radius 3 is 2.46 bits per heavy atom. The number of aromatic nitrogens is 2. The molecule has 0 amide bonds. The Bertz CT molecular complexity index is 476. The molecule has 0 aliphatic rings. The predicted octanol–water partition coefficient (Wildman–Crippen LogP) is 3.86. The third-order valence-electron chi connectivity index (χ3n) is 1.87. The van der Waals surface area contributed by atoms with E-state index in [9.17, 15) is 0 Å². The second kappa shape index (κ2) is 3.37. The quantitative estimate of drug-likeness (QED) is 0.690. The number of hydrogen-bond donors (Lipinski definition) is 0. The van der Waals surface area contributed by atoms with E-state index in [4.69, 9.17) is 0 Å². The van der Waals surface area contributed by atoms with Crippen molar-refractivity contribution in [2.75, 3.05) is 0 Å². The smallest absolute Gasteiger partial charge is 0.177 e. The molecule has 0 atom stereocenters. The van der Waals surface area contributed by atoms with Crippen LogP contribution in [0.5, 0.6) is 0 Å². The van der Waals surface area contributed by atoms with E-state index in [0.29, 0.717) is 0 Å². The summed E-state index contributed by atoms with van der Waals surface area (Å²) < 4.78 is 4.89. The predicted molar refractivity (Wildman–Crippen MR) is 63.8 cm³/mol. The van der Waals surface area contributed by atoms with Crippen LogP contribution in [0.4, 0.5) is 0 Å². The first-order chi connectivity index (χ1) is 6.09. The van der Waals surface area contributed by atoms with Gasteiger partial charge in [-0.05, 0) is 59.9 Å². The lowest BCUT2D eigenvalue weighted by molar-refractivity contribution is 0.912. The van der Waals surface area contributed by atoms with E-state index in [2.05, 4.69) is 52.8 Å². The molecule has 2 rings (SSSR count). The minimum atomic E-state index is 0.840. The summed E-state index contributed by atoms with van der Waals surface area (Å²) in [7, 11) is 1.97. The van der Waals surface area contributed by atoms with Gasteiger partial charge in [0.05, 0.1) is 11.0 Å². The number of rotatable bonds is 0. The van der Waals surface area contributed by atoms with E-state index in [1.54, 1.807) is 0 Å². The van der Waals surface area contributed by atoms with Crippen LogP contribution in [0, 0.1) is 0 Å². The van der Waals surface area contributed by atoms with E-state index in [0.717, 1.165) is 24.7 Å². The van der Waals surface area contributed by atoms with E-state index >= 15 is 0 Å². The topological polar surface area (TPSA) is 17.8 Å². The van der Waals surface area contributed by atoms with Gasteiger partial charge >= 0.3 is 0 Å². The van der Waals surface area contributed by atoms with Crippen LogP contribution < -0.4 is 0 Å². The summed E-state index contributed by atoms with van der Waals surface area (Å²) in [5.41, 5.74) is 2.08. The molecule has 0 unspecified atom stereocenters. The molecule has 13 heavy (non-hydrogen) atoms. The summed E-state index contributed by atoms with van der Waals surface area (Å²) >= 11 is 10.3. The van der Waals surface area contributed by atoms with Gasteiger partial charge in [0.15, 0.2) is 4.73 Å². The number of benzene rings is 1. The molecule has 0 saturated heterocycles. The van der Waals surface area contributed by atoms with E-state index in [1.807, 2.05) is 23.7 Å². The Kier molecular flexibility index (Phi) is 2.51. The second-order valence-corrected chi connectivity index (χ2v) is 5.11. The Hall–Kier alpha value is 0.130. The fourth-order valence-electron chi connectivity index (χ4n) is 1.16. The molecule has 0 N–H and O–H groups in total. The number of halogens is 3. The molecule has 0 aliphatic heterocycles. The second-order valence-electron chi connectivity index (χ2n) is 2.69. The maximum Gasteiger partial charge on any atom is 0.177 e. The third-order valence-corrected chi connectivity index (χ3v) is 4.42. The van der Waals surface area contributed by atoms with E-state index in [1.165, 1.54) is 0 Å². The van der Waals surface area contributed by atoms with Gasteiger partial charge in [-0.25, -0.2) is 4.98 Å². The molecule has 0 radical (unpaired) electrons. The Labute approximate surface area is 101 Å². The van der Waals surface area contributed by atoms with Gasteiger partial charge < -0.3 is 4.57 Å². The first-order valence-electron chi connectivity index (χ1n) is 3.56. The highest BCUT2D eigenvalue weighted by molar-refractivity contribution is 9.13. The summed E-state index contributed by atoms with van der Waals surface area (Å²) in [6.45, 7) is 0. The van der Waals surface area contributed by atoms with Gasteiger partial charge in [-0.15, -0.1) is 0 Å². The molecule has 0 aliphatic carbocycles. The van der Waals surface area contributed by atoms with Gasteiger partial charge in [-0.2, -0.15) is 0 Å². The Morgan fingerprint density at radius 2 is 1.77 bits per heavy atom. The summed E-state index contributed by atoms with van der Waals surface area (Å²) in [6.07, 6.45) is 0. The van der Waals surface area contributed by atoms with Gasteiger partial charge in [0.1, 0.15) is 0 Å². The number of hydrogen-bond acceptors (Lipinski definition) is 1. The van der Waals surface area contributed by atoms with Crippen molar-refractivity contribution < 1.29 is 0 Å². The molecule has 2 aromatic rings. The molecule has 0 saturated carbocycles. The van der Waals surface area contributed by atoms with E-state index in [-0.39, 0.29) is 0 Å². The zero-order chi connectivity index (χ0) is 9.59. The molecule has 1 aromatic heterocycles. The monoisotopic (exact) mass is 366 g/mol. The lowest BCUT2D eigenvalue weighted by atomic mass is 10.3. The van der Waals surface area contributed by atoms with Gasteiger partial charge in [0, 0.05) is 16.0 Å². The van der Waals surface area contributed by atoms with Crippen molar-refractivity contribution in [3.05, 3.63) is 25.8 Å². The largest absolute Gasteiger partial charge is 0.322 e. The van der Waals surface area contributed by atoms with Crippen molar-refractivity contribution in [1.82, 2.24) is 9.55 Å². The Morgan fingerprint density at radius 1 is 1.15 bits per heavy atom. The van der Waals surface area contributed by atoms with Crippen LogP contribution >= 0.6 is 47.8 Å². The van der Waals surface area contributed by atoms with Crippen LogP contribution in [0.15, 0.2) is 25.8 Å². The van der Waals surface area contributed by atoms with Gasteiger partial charge in [0.2, 0.25) is 0 Å². The molecule has 5 heteroatoms. The van der Waals surface area contributed by atoms with Crippen molar-refractivity contribution in [3.63, 3.8) is 0 Å². The van der Waals surface area contributed by atoms with Gasteiger partial charge in [-0.1, -0.05) is 0 Å². The van der Waals surface area contributed by atoms with Crippen molar-refractivity contribution >= 4 is 58.8 Å². The van der Waals surface area contributed by atoms with Crippen molar-refractivity contribution in [2.24, 2.45) is 7.05 Å².